The number of nitrogens with zero attached hydrogens (tertiary/aromatic N) is 6. The van der Waals surface area contributed by atoms with Gasteiger partial charge in [0.05, 0.1) is 18.9 Å². The lowest BCUT2D eigenvalue weighted by Gasteiger charge is -2.34. The number of nitrogens with one attached hydrogen (secondary N) is 1. The SMILES string of the molecule is CCN1CCN(Cc2cccc(Nc3ncc4ccn(-c5cc(F)c(N6CCOCC6)c(F)c5)c4n3)c2)CC1. The zero-order valence-corrected chi connectivity index (χ0v) is 22.1. The second kappa shape index (κ2) is 11.3. The molecule has 0 amide bonds. The van der Waals surface area contributed by atoms with Gasteiger partial charge in [0.25, 0.3) is 0 Å². The minimum absolute atomic E-state index is 0.0115. The Labute approximate surface area is 226 Å². The number of hydrogen-bond acceptors (Lipinski definition) is 7. The standard InChI is InChI=1S/C29H33F2N7O/c1-2-35-8-10-36(11-9-35)20-21-4-3-5-23(16-21)33-29-32-19-22-6-7-38(28(22)34-29)24-17-25(30)27(26(31)18-24)37-12-14-39-15-13-37/h3-7,16-19H,2,8-15,20H2,1H3,(H,32,33,34). The fourth-order valence-corrected chi connectivity index (χ4v) is 5.37. The zero-order chi connectivity index (χ0) is 26.8. The molecule has 6 rings (SSSR count). The smallest absolute Gasteiger partial charge is 0.229 e. The van der Waals surface area contributed by atoms with E-state index in [0.717, 1.165) is 50.3 Å². The van der Waals surface area contributed by atoms with E-state index in [1.54, 1.807) is 21.9 Å². The first kappa shape index (κ1) is 25.7. The maximum absolute atomic E-state index is 15.1. The van der Waals surface area contributed by atoms with Gasteiger partial charge in [-0.1, -0.05) is 19.1 Å². The number of benzene rings is 2. The third-order valence-electron chi connectivity index (χ3n) is 7.54. The molecule has 0 radical (unpaired) electrons. The minimum atomic E-state index is -0.603. The van der Waals surface area contributed by atoms with Crippen LogP contribution in [0.3, 0.4) is 0 Å². The Morgan fingerprint density at radius 1 is 0.923 bits per heavy atom. The Bertz CT molecular complexity index is 1420. The zero-order valence-electron chi connectivity index (χ0n) is 22.1. The Kier molecular flexibility index (Phi) is 7.40. The molecule has 4 heterocycles. The average Bonchev–Trinajstić information content (AvgIpc) is 3.37. The van der Waals surface area contributed by atoms with E-state index in [0.29, 0.717) is 43.6 Å². The molecule has 0 bridgehead atoms. The molecule has 2 fully saturated rings. The van der Waals surface area contributed by atoms with Gasteiger partial charge in [-0.05, 0) is 30.3 Å². The maximum atomic E-state index is 15.1. The van der Waals surface area contributed by atoms with Crippen molar-refractivity contribution in [2.45, 2.75) is 13.5 Å². The molecule has 204 valence electrons. The summed E-state index contributed by atoms with van der Waals surface area (Å²) in [5, 5.41) is 4.08. The lowest BCUT2D eigenvalue weighted by Crippen LogP contribution is -2.45. The van der Waals surface area contributed by atoms with Crippen LogP contribution in [0.2, 0.25) is 0 Å². The van der Waals surface area contributed by atoms with Crippen molar-refractivity contribution in [1.82, 2.24) is 24.3 Å². The summed E-state index contributed by atoms with van der Waals surface area (Å²) in [5.41, 5.74) is 3.04. The maximum Gasteiger partial charge on any atom is 0.229 e. The van der Waals surface area contributed by atoms with Gasteiger partial charge in [-0.25, -0.2) is 13.8 Å². The van der Waals surface area contributed by atoms with Crippen LogP contribution in [0.5, 0.6) is 0 Å². The Balaban J connectivity index is 1.21. The number of piperazine rings is 1. The van der Waals surface area contributed by atoms with Crippen molar-refractivity contribution in [3.8, 4) is 5.69 Å². The predicted octanol–water partition coefficient (Wildman–Crippen LogP) is 4.42. The van der Waals surface area contributed by atoms with Gasteiger partial charge in [0, 0.05) is 81.4 Å². The molecule has 2 aliphatic heterocycles. The molecular formula is C29H33F2N7O. The largest absolute Gasteiger partial charge is 0.378 e. The van der Waals surface area contributed by atoms with Crippen molar-refractivity contribution >= 4 is 28.4 Å². The van der Waals surface area contributed by atoms with Crippen LogP contribution >= 0.6 is 0 Å². The van der Waals surface area contributed by atoms with Crippen LogP contribution in [0.25, 0.3) is 16.7 Å². The van der Waals surface area contributed by atoms with Gasteiger partial charge in [-0.2, -0.15) is 4.98 Å². The summed E-state index contributed by atoms with van der Waals surface area (Å²) in [6.07, 6.45) is 3.47. The Morgan fingerprint density at radius 3 is 2.41 bits per heavy atom. The molecule has 39 heavy (non-hydrogen) atoms. The molecule has 2 aromatic heterocycles. The number of aromatic nitrogens is 3. The van der Waals surface area contributed by atoms with E-state index in [1.165, 1.54) is 17.7 Å². The third-order valence-corrected chi connectivity index (χ3v) is 7.54. The highest BCUT2D eigenvalue weighted by Gasteiger charge is 2.21. The number of morpholine rings is 1. The fraction of sp³-hybridized carbons (Fsp3) is 0.379. The van der Waals surface area contributed by atoms with Gasteiger partial charge < -0.3 is 24.4 Å². The lowest BCUT2D eigenvalue weighted by atomic mass is 10.1. The minimum Gasteiger partial charge on any atom is -0.378 e. The number of fused-ring (bicyclic) bond motifs is 1. The molecule has 8 nitrogen and oxygen atoms in total. The van der Waals surface area contributed by atoms with Crippen LogP contribution in [0, 0.1) is 11.6 Å². The van der Waals surface area contributed by atoms with E-state index in [1.807, 2.05) is 18.2 Å². The molecule has 2 aromatic carbocycles. The molecule has 0 saturated carbocycles. The van der Waals surface area contributed by atoms with E-state index in [4.69, 9.17) is 9.72 Å². The summed E-state index contributed by atoms with van der Waals surface area (Å²) in [6.45, 7) is 10.4. The summed E-state index contributed by atoms with van der Waals surface area (Å²) in [7, 11) is 0. The van der Waals surface area contributed by atoms with Crippen molar-refractivity contribution in [3.05, 3.63) is 72.1 Å². The fourth-order valence-electron chi connectivity index (χ4n) is 5.37. The van der Waals surface area contributed by atoms with E-state index in [-0.39, 0.29) is 5.69 Å². The normalized spacial score (nSPS) is 17.2. The lowest BCUT2D eigenvalue weighted by molar-refractivity contribution is 0.122. The highest BCUT2D eigenvalue weighted by Crippen LogP contribution is 2.29. The highest BCUT2D eigenvalue weighted by atomic mass is 19.1. The van der Waals surface area contributed by atoms with Crippen LogP contribution < -0.4 is 10.2 Å². The van der Waals surface area contributed by atoms with Crippen molar-refractivity contribution in [3.63, 3.8) is 0 Å². The van der Waals surface area contributed by atoms with Crippen LogP contribution in [0.1, 0.15) is 12.5 Å². The molecule has 2 saturated heterocycles. The van der Waals surface area contributed by atoms with Gasteiger partial charge in [0.1, 0.15) is 11.3 Å². The van der Waals surface area contributed by atoms with E-state index >= 15 is 8.78 Å². The van der Waals surface area contributed by atoms with Crippen molar-refractivity contribution in [2.24, 2.45) is 0 Å². The van der Waals surface area contributed by atoms with E-state index in [9.17, 15) is 0 Å². The first-order chi connectivity index (χ1) is 19.1. The summed E-state index contributed by atoms with van der Waals surface area (Å²) >= 11 is 0. The Morgan fingerprint density at radius 2 is 1.67 bits per heavy atom. The van der Waals surface area contributed by atoms with Crippen molar-refractivity contribution < 1.29 is 13.5 Å². The first-order valence-corrected chi connectivity index (χ1v) is 13.5. The number of anilines is 3. The molecular weight excluding hydrogens is 500 g/mol. The topological polar surface area (TPSA) is 61.7 Å². The number of halogens is 2. The van der Waals surface area contributed by atoms with Crippen LogP contribution in [0.15, 0.2) is 54.9 Å². The van der Waals surface area contributed by atoms with Gasteiger partial charge >= 0.3 is 0 Å². The molecule has 0 spiro atoms. The molecule has 2 aliphatic rings. The van der Waals surface area contributed by atoms with Crippen molar-refractivity contribution in [1.29, 1.82) is 0 Å². The number of hydrogen-bond donors (Lipinski definition) is 1. The summed E-state index contributed by atoms with van der Waals surface area (Å²) in [5.74, 6) is -0.787. The summed E-state index contributed by atoms with van der Waals surface area (Å²) in [6, 6.07) is 12.8. The second-order valence-electron chi connectivity index (χ2n) is 10.1. The predicted molar refractivity (Wildman–Crippen MR) is 149 cm³/mol. The van der Waals surface area contributed by atoms with Gasteiger partial charge in [0.15, 0.2) is 11.6 Å². The first-order valence-electron chi connectivity index (χ1n) is 13.5. The Hall–Kier alpha value is -3.60. The molecule has 0 unspecified atom stereocenters. The molecule has 0 aliphatic carbocycles. The van der Waals surface area contributed by atoms with Crippen LogP contribution in [-0.4, -0.2) is 83.4 Å². The van der Waals surface area contributed by atoms with E-state index < -0.39 is 11.6 Å². The highest BCUT2D eigenvalue weighted by molar-refractivity contribution is 5.79. The molecule has 1 N–H and O–H groups in total. The summed E-state index contributed by atoms with van der Waals surface area (Å²) < 4.78 is 37.2. The molecule has 10 heteroatoms. The third kappa shape index (κ3) is 5.59. The number of ether oxygens (including phenoxy) is 1. The van der Waals surface area contributed by atoms with Crippen LogP contribution in [-0.2, 0) is 11.3 Å². The summed E-state index contributed by atoms with van der Waals surface area (Å²) in [4.78, 5) is 15.8. The van der Waals surface area contributed by atoms with Gasteiger partial charge in [0.2, 0.25) is 5.95 Å². The van der Waals surface area contributed by atoms with Gasteiger partial charge in [-0.15, -0.1) is 0 Å². The van der Waals surface area contributed by atoms with Crippen molar-refractivity contribution in [2.75, 3.05) is 69.2 Å². The van der Waals surface area contributed by atoms with Gasteiger partial charge in [-0.3, -0.25) is 4.90 Å². The number of rotatable bonds is 7. The quantitative estimate of drug-likeness (QED) is 0.378. The molecule has 4 aromatic rings. The molecule has 0 atom stereocenters. The average molecular weight is 534 g/mol. The number of likely N-dealkylation sites (N-methyl/N-ethyl adjacent to an activating group) is 1. The monoisotopic (exact) mass is 533 g/mol. The van der Waals surface area contributed by atoms with Crippen LogP contribution in [0.4, 0.5) is 26.1 Å². The second-order valence-corrected chi connectivity index (χ2v) is 10.1. The van der Waals surface area contributed by atoms with E-state index in [2.05, 4.69) is 39.2 Å².